The smallest absolute Gasteiger partial charge is 0.385 e. The van der Waals surface area contributed by atoms with Crippen LogP contribution in [-0.4, -0.2) is 71.2 Å². The molecule has 0 heterocycles. The van der Waals surface area contributed by atoms with Gasteiger partial charge < -0.3 is 14.8 Å². The topological polar surface area (TPSA) is 33.7 Å². The first-order valence-corrected chi connectivity index (χ1v) is 5.97. The van der Waals surface area contributed by atoms with Crippen LogP contribution < -0.4 is 5.32 Å². The fraction of sp³-hybridized carbons (Fsp3) is 1.00. The molecule has 7 heteroatoms. The van der Waals surface area contributed by atoms with Crippen molar-refractivity contribution in [3.8, 4) is 0 Å². The van der Waals surface area contributed by atoms with Gasteiger partial charge in [0, 0.05) is 47.0 Å². The van der Waals surface area contributed by atoms with Gasteiger partial charge in [-0.25, -0.2) is 0 Å². The monoisotopic (exact) mass is 272 g/mol. The number of rotatable bonds is 11. The summed E-state index contributed by atoms with van der Waals surface area (Å²) in [6.45, 7) is 2.69. The molecule has 0 saturated heterocycles. The quantitative estimate of drug-likeness (QED) is 0.572. The van der Waals surface area contributed by atoms with E-state index in [4.69, 9.17) is 9.47 Å². The number of hydrogen-bond acceptors (Lipinski definition) is 4. The van der Waals surface area contributed by atoms with Gasteiger partial charge in [-0.2, -0.15) is 13.2 Å². The third kappa shape index (κ3) is 12.1. The first-order valence-electron chi connectivity index (χ1n) is 5.97. The molecule has 0 spiro atoms. The van der Waals surface area contributed by atoms with E-state index in [1.54, 1.807) is 14.2 Å². The standard InChI is InChI=1S/C11H23F3N2O2/c1-17-8-3-5-16(7-9-18-2)6-4-15-10-11(12,13)14/h15H,3-10H2,1-2H3. The normalized spacial score (nSPS) is 12.3. The van der Waals surface area contributed by atoms with Crippen molar-refractivity contribution in [2.24, 2.45) is 0 Å². The van der Waals surface area contributed by atoms with Gasteiger partial charge in [-0.05, 0) is 6.42 Å². The number of hydrogen-bond donors (Lipinski definition) is 1. The van der Waals surface area contributed by atoms with Crippen molar-refractivity contribution >= 4 is 0 Å². The highest BCUT2D eigenvalue weighted by atomic mass is 19.4. The Morgan fingerprint density at radius 3 is 2.22 bits per heavy atom. The Kier molecular flexibility index (Phi) is 10.3. The van der Waals surface area contributed by atoms with E-state index in [1.807, 2.05) is 0 Å². The highest BCUT2D eigenvalue weighted by Crippen LogP contribution is 2.11. The van der Waals surface area contributed by atoms with Gasteiger partial charge in [0.05, 0.1) is 13.2 Å². The zero-order valence-electron chi connectivity index (χ0n) is 11.1. The van der Waals surface area contributed by atoms with Crippen molar-refractivity contribution < 1.29 is 22.6 Å². The molecule has 1 N–H and O–H groups in total. The number of alkyl halides is 3. The maximum absolute atomic E-state index is 11.9. The molecule has 0 rings (SSSR count). The minimum Gasteiger partial charge on any atom is -0.385 e. The van der Waals surface area contributed by atoms with Gasteiger partial charge in [0.1, 0.15) is 0 Å². The van der Waals surface area contributed by atoms with Crippen LogP contribution in [0.1, 0.15) is 6.42 Å². The van der Waals surface area contributed by atoms with Gasteiger partial charge in [0.15, 0.2) is 0 Å². The van der Waals surface area contributed by atoms with Gasteiger partial charge in [-0.15, -0.1) is 0 Å². The number of nitrogens with zero attached hydrogens (tertiary/aromatic N) is 1. The molecule has 0 aromatic rings. The molecule has 0 amide bonds. The average molecular weight is 272 g/mol. The van der Waals surface area contributed by atoms with Crippen LogP contribution in [0.15, 0.2) is 0 Å². The molecule has 110 valence electrons. The number of methoxy groups -OCH3 is 2. The van der Waals surface area contributed by atoms with Crippen LogP contribution in [0, 0.1) is 0 Å². The molecule has 0 bridgehead atoms. The molecule has 0 radical (unpaired) electrons. The summed E-state index contributed by atoms with van der Waals surface area (Å²) in [6.07, 6.45) is -3.28. The lowest BCUT2D eigenvalue weighted by atomic mass is 10.3. The fourth-order valence-corrected chi connectivity index (χ4v) is 1.46. The molecule has 0 aromatic heterocycles. The summed E-state index contributed by atoms with van der Waals surface area (Å²) < 4.78 is 45.7. The van der Waals surface area contributed by atoms with Gasteiger partial charge in [-0.3, -0.25) is 4.90 Å². The van der Waals surface area contributed by atoms with Crippen LogP contribution >= 0.6 is 0 Å². The fourth-order valence-electron chi connectivity index (χ4n) is 1.46. The molecular weight excluding hydrogens is 249 g/mol. The summed E-state index contributed by atoms with van der Waals surface area (Å²) in [6, 6.07) is 0. The van der Waals surface area contributed by atoms with Crippen LogP contribution in [-0.2, 0) is 9.47 Å². The van der Waals surface area contributed by atoms with Crippen molar-refractivity contribution in [2.45, 2.75) is 12.6 Å². The molecule has 0 aliphatic rings. The van der Waals surface area contributed by atoms with E-state index in [2.05, 4.69) is 10.2 Å². The molecule has 0 saturated carbocycles. The molecule has 0 aliphatic carbocycles. The third-order valence-corrected chi connectivity index (χ3v) is 2.36. The molecule has 0 aliphatic heterocycles. The molecule has 0 fully saturated rings. The van der Waals surface area contributed by atoms with Gasteiger partial charge in [-0.1, -0.05) is 0 Å². The molecule has 0 aromatic carbocycles. The summed E-state index contributed by atoms with van der Waals surface area (Å²) in [4.78, 5) is 2.06. The van der Waals surface area contributed by atoms with Gasteiger partial charge >= 0.3 is 6.18 Å². The number of ether oxygens (including phenoxy) is 2. The molecule has 0 unspecified atom stereocenters. The second-order valence-corrected chi connectivity index (χ2v) is 3.97. The lowest BCUT2D eigenvalue weighted by Gasteiger charge is -2.22. The van der Waals surface area contributed by atoms with Crippen molar-refractivity contribution in [3.63, 3.8) is 0 Å². The Bertz CT molecular complexity index is 192. The van der Waals surface area contributed by atoms with Crippen molar-refractivity contribution in [2.75, 3.05) is 60.2 Å². The largest absolute Gasteiger partial charge is 0.401 e. The number of halogens is 3. The van der Waals surface area contributed by atoms with Gasteiger partial charge in [0.2, 0.25) is 0 Å². The Labute approximate surface area is 106 Å². The minimum absolute atomic E-state index is 0.316. The zero-order chi connectivity index (χ0) is 13.9. The summed E-state index contributed by atoms with van der Waals surface area (Å²) in [5.41, 5.74) is 0. The molecule has 4 nitrogen and oxygen atoms in total. The van der Waals surface area contributed by atoms with Crippen LogP contribution in [0.3, 0.4) is 0 Å². The average Bonchev–Trinajstić information content (AvgIpc) is 2.29. The highest BCUT2D eigenvalue weighted by Gasteiger charge is 2.25. The predicted octanol–water partition coefficient (Wildman–Crippen LogP) is 1.12. The first kappa shape index (κ1) is 17.6. The molecule has 0 atom stereocenters. The summed E-state index contributed by atoms with van der Waals surface area (Å²) >= 11 is 0. The Balaban J connectivity index is 3.71. The molecular formula is C11H23F3N2O2. The van der Waals surface area contributed by atoms with Crippen molar-refractivity contribution in [1.82, 2.24) is 10.2 Å². The Morgan fingerprint density at radius 2 is 1.67 bits per heavy atom. The SMILES string of the molecule is COCCCN(CCNCC(F)(F)F)CCOC. The summed E-state index contributed by atoms with van der Waals surface area (Å²) in [7, 11) is 3.24. The van der Waals surface area contributed by atoms with E-state index in [-0.39, 0.29) is 0 Å². The Hall–Kier alpha value is -0.370. The van der Waals surface area contributed by atoms with Crippen LogP contribution in [0.2, 0.25) is 0 Å². The van der Waals surface area contributed by atoms with E-state index >= 15 is 0 Å². The zero-order valence-corrected chi connectivity index (χ0v) is 11.1. The van der Waals surface area contributed by atoms with E-state index in [0.29, 0.717) is 32.8 Å². The van der Waals surface area contributed by atoms with Gasteiger partial charge in [0.25, 0.3) is 0 Å². The van der Waals surface area contributed by atoms with Crippen molar-refractivity contribution in [3.05, 3.63) is 0 Å². The number of nitrogens with one attached hydrogen (secondary N) is 1. The summed E-state index contributed by atoms with van der Waals surface area (Å²) in [5, 5.41) is 2.38. The highest BCUT2D eigenvalue weighted by molar-refractivity contribution is 4.62. The Morgan fingerprint density at radius 1 is 1.00 bits per heavy atom. The molecule has 18 heavy (non-hydrogen) atoms. The second-order valence-electron chi connectivity index (χ2n) is 3.97. The minimum atomic E-state index is -4.15. The van der Waals surface area contributed by atoms with Crippen LogP contribution in [0.4, 0.5) is 13.2 Å². The lowest BCUT2D eigenvalue weighted by molar-refractivity contribution is -0.124. The third-order valence-electron chi connectivity index (χ3n) is 2.36. The van der Waals surface area contributed by atoms with E-state index in [0.717, 1.165) is 13.0 Å². The summed E-state index contributed by atoms with van der Waals surface area (Å²) in [5.74, 6) is 0. The second kappa shape index (κ2) is 10.5. The lowest BCUT2D eigenvalue weighted by Crippen LogP contribution is -2.38. The predicted molar refractivity (Wildman–Crippen MR) is 63.7 cm³/mol. The van der Waals surface area contributed by atoms with Crippen LogP contribution in [0.5, 0.6) is 0 Å². The van der Waals surface area contributed by atoms with Crippen LogP contribution in [0.25, 0.3) is 0 Å². The van der Waals surface area contributed by atoms with E-state index in [1.165, 1.54) is 0 Å². The van der Waals surface area contributed by atoms with E-state index in [9.17, 15) is 13.2 Å². The van der Waals surface area contributed by atoms with E-state index < -0.39 is 12.7 Å². The van der Waals surface area contributed by atoms with Crippen molar-refractivity contribution in [1.29, 1.82) is 0 Å². The maximum atomic E-state index is 11.9. The maximum Gasteiger partial charge on any atom is 0.401 e. The first-order chi connectivity index (χ1) is 8.49.